The van der Waals surface area contributed by atoms with Crippen molar-refractivity contribution >= 4 is 46.0 Å². The van der Waals surface area contributed by atoms with Crippen LogP contribution in [-0.4, -0.2) is 26.4 Å². The molecule has 0 atom stereocenters. The van der Waals surface area contributed by atoms with Gasteiger partial charge in [-0.15, -0.1) is 12.4 Å². The maximum absolute atomic E-state index is 14.1. The molecule has 0 saturated heterocycles. The van der Waals surface area contributed by atoms with E-state index in [1.807, 2.05) is 37.3 Å². The first-order valence-electron chi connectivity index (χ1n) is 11.8. The molecule has 7 heteroatoms. The molecule has 1 aliphatic rings. The van der Waals surface area contributed by atoms with E-state index in [-0.39, 0.29) is 36.5 Å². The van der Waals surface area contributed by atoms with E-state index in [9.17, 15) is 19.1 Å². The van der Waals surface area contributed by atoms with Crippen LogP contribution in [0.1, 0.15) is 59.6 Å². The molecular weight excluding hydrogens is 467 g/mol. The number of aliphatic carboxylic acids is 1. The van der Waals surface area contributed by atoms with Gasteiger partial charge in [-0.25, -0.2) is 4.39 Å². The second-order valence-corrected chi connectivity index (χ2v) is 9.36. The molecule has 5 rings (SSSR count). The summed E-state index contributed by atoms with van der Waals surface area (Å²) in [6.45, 7) is 1.79. The Morgan fingerprint density at radius 3 is 2.57 bits per heavy atom. The minimum absolute atomic E-state index is 0. The Bertz CT molecular complexity index is 1400. The van der Waals surface area contributed by atoms with Crippen LogP contribution in [0, 0.1) is 18.7 Å². The second kappa shape index (κ2) is 10.2. The molecule has 0 amide bonds. The third-order valence-corrected chi connectivity index (χ3v) is 7.30. The third kappa shape index (κ3) is 4.80. The number of fused-ring (bicyclic) bond motifs is 2. The van der Waals surface area contributed by atoms with Gasteiger partial charge in [-0.05, 0) is 80.3 Å². The van der Waals surface area contributed by atoms with Crippen molar-refractivity contribution in [1.29, 1.82) is 0 Å². The van der Waals surface area contributed by atoms with Crippen LogP contribution in [0.15, 0.2) is 54.7 Å². The van der Waals surface area contributed by atoms with Crippen molar-refractivity contribution in [3.05, 3.63) is 77.4 Å². The molecule has 0 unspecified atom stereocenters. The number of carboxylic acids is 1. The highest BCUT2D eigenvalue weighted by Gasteiger charge is 2.29. The molecule has 1 saturated carbocycles. The summed E-state index contributed by atoms with van der Waals surface area (Å²) in [6, 6.07) is 14.1. The highest BCUT2D eigenvalue weighted by Crippen LogP contribution is 2.42. The summed E-state index contributed by atoms with van der Waals surface area (Å²) in [4.78, 5) is 28.9. The van der Waals surface area contributed by atoms with Crippen molar-refractivity contribution in [2.24, 2.45) is 5.92 Å². The first-order chi connectivity index (χ1) is 16.4. The number of carbonyl (C=O) groups excluding carboxylic acids is 1. The largest absolute Gasteiger partial charge is 0.480 e. The van der Waals surface area contributed by atoms with E-state index in [2.05, 4.69) is 4.98 Å². The number of hydrogen-bond donors (Lipinski definition) is 1. The van der Waals surface area contributed by atoms with Crippen molar-refractivity contribution < 1.29 is 19.1 Å². The summed E-state index contributed by atoms with van der Waals surface area (Å²) < 4.78 is 15.9. The minimum atomic E-state index is -0.915. The van der Waals surface area contributed by atoms with Gasteiger partial charge in [0.2, 0.25) is 0 Å². The van der Waals surface area contributed by atoms with Gasteiger partial charge >= 0.3 is 5.97 Å². The number of hydrogen-bond acceptors (Lipinski definition) is 3. The number of ketones is 1. The Morgan fingerprint density at radius 1 is 1.06 bits per heavy atom. The van der Waals surface area contributed by atoms with E-state index in [4.69, 9.17) is 0 Å². The molecule has 1 fully saturated rings. The monoisotopic (exact) mass is 494 g/mol. The summed E-state index contributed by atoms with van der Waals surface area (Å²) in [5.41, 5.74) is 4.28. The number of nitrogens with zero attached hydrogens (tertiary/aromatic N) is 2. The molecular formula is C28H28ClFN2O3. The molecule has 4 aromatic rings. The lowest BCUT2D eigenvalue weighted by Crippen LogP contribution is -2.17. The molecule has 35 heavy (non-hydrogen) atoms. The van der Waals surface area contributed by atoms with Gasteiger partial charge in [0.25, 0.3) is 0 Å². The van der Waals surface area contributed by atoms with Gasteiger partial charge in [0, 0.05) is 40.2 Å². The molecule has 182 valence electrons. The van der Waals surface area contributed by atoms with E-state index in [1.165, 1.54) is 12.1 Å². The van der Waals surface area contributed by atoms with E-state index in [0.717, 1.165) is 64.3 Å². The van der Waals surface area contributed by atoms with E-state index in [0.29, 0.717) is 12.3 Å². The molecule has 0 spiro atoms. The maximum atomic E-state index is 14.1. The minimum Gasteiger partial charge on any atom is -0.480 e. The van der Waals surface area contributed by atoms with Crippen LogP contribution in [0.3, 0.4) is 0 Å². The second-order valence-electron chi connectivity index (χ2n) is 9.36. The molecule has 0 radical (unpaired) electrons. The summed E-state index contributed by atoms with van der Waals surface area (Å²) in [6.07, 6.45) is 5.88. The van der Waals surface area contributed by atoms with Crippen molar-refractivity contribution in [3.63, 3.8) is 0 Å². The zero-order valence-corrected chi connectivity index (χ0v) is 20.4. The summed E-state index contributed by atoms with van der Waals surface area (Å²) in [5.74, 6) is -0.544. The molecule has 2 heterocycles. The lowest BCUT2D eigenvalue weighted by atomic mass is 9.76. The molecule has 2 aromatic carbocycles. The smallest absolute Gasteiger partial charge is 0.323 e. The van der Waals surface area contributed by atoms with Crippen LogP contribution < -0.4 is 0 Å². The van der Waals surface area contributed by atoms with Crippen LogP contribution in [0.4, 0.5) is 4.39 Å². The van der Waals surface area contributed by atoms with Gasteiger partial charge in [-0.2, -0.15) is 0 Å². The average Bonchev–Trinajstić information content (AvgIpc) is 3.09. The standard InChI is InChI=1S/C28H27FN2O3.ClH/c1-17-28(23-15-20(29)11-12-25(23)31(17)16-27(33)34)19-9-7-18(8-10-19)14-26(32)22-4-2-6-24-21(22)5-3-13-30-24;/h2-6,11-13,15,18-19H,7-10,14,16H2,1H3,(H,33,34);1H. The Labute approximate surface area is 209 Å². The lowest BCUT2D eigenvalue weighted by Gasteiger charge is -2.29. The van der Waals surface area contributed by atoms with Crippen LogP contribution in [0.5, 0.6) is 0 Å². The fourth-order valence-corrected chi connectivity index (χ4v) is 5.71. The first-order valence-corrected chi connectivity index (χ1v) is 11.8. The highest BCUT2D eigenvalue weighted by atomic mass is 35.5. The number of rotatable bonds is 6. The SMILES string of the molecule is Cc1c(C2CCC(CC(=O)c3cccc4ncccc34)CC2)c2cc(F)ccc2n1CC(=O)O.Cl. The summed E-state index contributed by atoms with van der Waals surface area (Å²) in [5, 5.41) is 11.1. The number of pyridine rings is 1. The summed E-state index contributed by atoms with van der Waals surface area (Å²) in [7, 11) is 0. The van der Waals surface area contributed by atoms with Crippen molar-refractivity contribution in [2.45, 2.75) is 51.5 Å². The molecule has 1 aliphatic carbocycles. The van der Waals surface area contributed by atoms with Gasteiger partial charge in [-0.1, -0.05) is 18.2 Å². The molecule has 0 aliphatic heterocycles. The van der Waals surface area contributed by atoms with E-state index in [1.54, 1.807) is 16.8 Å². The molecule has 2 aromatic heterocycles. The first kappa shape index (κ1) is 24.9. The predicted molar refractivity (Wildman–Crippen MR) is 137 cm³/mol. The van der Waals surface area contributed by atoms with Crippen molar-refractivity contribution in [2.75, 3.05) is 0 Å². The zero-order valence-electron chi connectivity index (χ0n) is 19.5. The van der Waals surface area contributed by atoms with Gasteiger partial charge in [-0.3, -0.25) is 14.6 Å². The Morgan fingerprint density at radius 2 is 1.83 bits per heavy atom. The number of aromatic nitrogens is 2. The van der Waals surface area contributed by atoms with Crippen molar-refractivity contribution in [3.8, 4) is 0 Å². The van der Waals surface area contributed by atoms with Gasteiger partial charge in [0.15, 0.2) is 5.78 Å². The normalized spacial score (nSPS) is 17.9. The Hall–Kier alpha value is -3.25. The van der Waals surface area contributed by atoms with E-state index >= 15 is 0 Å². The lowest BCUT2D eigenvalue weighted by molar-refractivity contribution is -0.137. The fraction of sp³-hybridized carbons (Fsp3) is 0.321. The van der Waals surface area contributed by atoms with Crippen LogP contribution in [-0.2, 0) is 11.3 Å². The average molecular weight is 495 g/mol. The van der Waals surface area contributed by atoms with Crippen LogP contribution in [0.25, 0.3) is 21.8 Å². The topological polar surface area (TPSA) is 72.2 Å². The molecule has 0 bridgehead atoms. The maximum Gasteiger partial charge on any atom is 0.323 e. The fourth-order valence-electron chi connectivity index (χ4n) is 5.71. The summed E-state index contributed by atoms with van der Waals surface area (Å²) >= 11 is 0. The number of benzene rings is 2. The molecule has 1 N–H and O–H groups in total. The Balaban J connectivity index is 0.00000289. The highest BCUT2D eigenvalue weighted by molar-refractivity contribution is 6.07. The number of halogens is 2. The third-order valence-electron chi connectivity index (χ3n) is 7.30. The quantitative estimate of drug-likeness (QED) is 0.303. The predicted octanol–water partition coefficient (Wildman–Crippen LogP) is 6.69. The zero-order chi connectivity index (χ0) is 23.8. The van der Waals surface area contributed by atoms with Crippen LogP contribution in [0.2, 0.25) is 0 Å². The Kier molecular flexibility index (Phi) is 7.22. The number of Topliss-reactive ketones (excluding diaryl/α,β-unsaturated/α-hetero) is 1. The van der Waals surface area contributed by atoms with Gasteiger partial charge in [0.05, 0.1) is 5.52 Å². The van der Waals surface area contributed by atoms with Gasteiger partial charge < -0.3 is 9.67 Å². The van der Waals surface area contributed by atoms with Crippen LogP contribution >= 0.6 is 12.4 Å². The van der Waals surface area contributed by atoms with Gasteiger partial charge in [0.1, 0.15) is 12.4 Å². The number of carboxylic acid groups (broad SMARTS) is 1. The van der Waals surface area contributed by atoms with E-state index < -0.39 is 5.97 Å². The number of carbonyl (C=O) groups is 2. The van der Waals surface area contributed by atoms with Crippen molar-refractivity contribution in [1.82, 2.24) is 9.55 Å². The molecule has 5 nitrogen and oxygen atoms in total.